The fourth-order valence-electron chi connectivity index (χ4n) is 3.51. The minimum Gasteiger partial charge on any atom is -0.379 e. The van der Waals surface area contributed by atoms with Crippen LogP contribution < -0.4 is 0 Å². The number of amides is 1. The van der Waals surface area contributed by atoms with Gasteiger partial charge in [-0.2, -0.15) is 0 Å². The summed E-state index contributed by atoms with van der Waals surface area (Å²) >= 11 is 1.35. The van der Waals surface area contributed by atoms with Gasteiger partial charge < -0.3 is 9.64 Å². The second kappa shape index (κ2) is 10.5. The molecule has 3 aromatic heterocycles. The smallest absolute Gasteiger partial charge is 0.266 e. The summed E-state index contributed by atoms with van der Waals surface area (Å²) in [5.74, 6) is 0.540. The fraction of sp³-hybridized carbons (Fsp3) is 0.409. The van der Waals surface area contributed by atoms with E-state index < -0.39 is 0 Å². The molecule has 0 saturated carbocycles. The highest BCUT2D eigenvalue weighted by atomic mass is 32.1. The highest BCUT2D eigenvalue weighted by Gasteiger charge is 2.23. The van der Waals surface area contributed by atoms with Gasteiger partial charge in [-0.1, -0.05) is 0 Å². The molecule has 0 spiro atoms. The Morgan fingerprint density at radius 2 is 1.90 bits per heavy atom. The molecule has 0 unspecified atom stereocenters. The first-order valence-electron chi connectivity index (χ1n) is 10.4. The molecule has 0 radical (unpaired) electrons. The van der Waals surface area contributed by atoms with Crippen LogP contribution in [0.2, 0.25) is 0 Å². The number of rotatable bonds is 8. The zero-order valence-electron chi connectivity index (χ0n) is 17.6. The van der Waals surface area contributed by atoms with Crippen molar-refractivity contribution in [3.8, 4) is 10.8 Å². The van der Waals surface area contributed by atoms with Gasteiger partial charge in [-0.05, 0) is 37.1 Å². The average Bonchev–Trinajstić information content (AvgIpc) is 3.21. The van der Waals surface area contributed by atoms with Crippen molar-refractivity contribution < 1.29 is 9.53 Å². The number of aromatic nitrogens is 4. The minimum absolute atomic E-state index is 0.00373. The second-order valence-corrected chi connectivity index (χ2v) is 8.39. The Morgan fingerprint density at radius 3 is 2.65 bits per heavy atom. The van der Waals surface area contributed by atoms with Crippen molar-refractivity contribution in [2.75, 3.05) is 39.4 Å². The third-order valence-electron chi connectivity index (χ3n) is 5.16. The van der Waals surface area contributed by atoms with E-state index >= 15 is 0 Å². The molecule has 0 bridgehead atoms. The lowest BCUT2D eigenvalue weighted by Gasteiger charge is -2.28. The predicted octanol–water partition coefficient (Wildman–Crippen LogP) is 2.67. The third kappa shape index (κ3) is 5.69. The summed E-state index contributed by atoms with van der Waals surface area (Å²) in [6.07, 6.45) is 7.79. The Balaban J connectivity index is 1.49. The highest BCUT2D eigenvalue weighted by Crippen LogP contribution is 2.27. The van der Waals surface area contributed by atoms with Crippen LogP contribution in [0.5, 0.6) is 0 Å². The first kappa shape index (κ1) is 21.5. The number of nitrogens with zero attached hydrogens (tertiary/aromatic N) is 6. The van der Waals surface area contributed by atoms with E-state index in [1.807, 2.05) is 24.0 Å². The van der Waals surface area contributed by atoms with Crippen molar-refractivity contribution in [3.63, 3.8) is 0 Å². The van der Waals surface area contributed by atoms with Crippen molar-refractivity contribution in [1.29, 1.82) is 0 Å². The Bertz CT molecular complexity index is 976. The number of morpholine rings is 1. The molecule has 1 amide bonds. The van der Waals surface area contributed by atoms with Crippen molar-refractivity contribution in [2.45, 2.75) is 19.9 Å². The molecule has 0 aliphatic carbocycles. The van der Waals surface area contributed by atoms with Crippen LogP contribution in [0.1, 0.15) is 27.3 Å². The lowest BCUT2D eigenvalue weighted by Crippen LogP contribution is -2.39. The van der Waals surface area contributed by atoms with E-state index in [4.69, 9.17) is 4.74 Å². The molecule has 0 N–H and O–H groups in total. The number of carbonyl (C=O) groups excluding carboxylic acids is 1. The van der Waals surface area contributed by atoms with Crippen molar-refractivity contribution in [1.82, 2.24) is 29.7 Å². The largest absolute Gasteiger partial charge is 0.379 e. The number of thiazole rings is 1. The molecule has 9 heteroatoms. The lowest BCUT2D eigenvalue weighted by molar-refractivity contribution is 0.0356. The summed E-state index contributed by atoms with van der Waals surface area (Å²) in [5, 5.41) is 0.665. The standard InChI is InChI=1S/C22H26N6O2S/c1-17-19(31-21(26-17)20-24-6-2-7-25-20)22(29)28(16-18-4-8-23-9-5-18)11-3-10-27-12-14-30-15-13-27/h2,4-9H,3,10-16H2,1H3. The summed E-state index contributed by atoms with van der Waals surface area (Å²) in [5.41, 5.74) is 1.77. The summed E-state index contributed by atoms with van der Waals surface area (Å²) < 4.78 is 5.43. The highest BCUT2D eigenvalue weighted by molar-refractivity contribution is 7.17. The Morgan fingerprint density at radius 1 is 1.16 bits per heavy atom. The molecule has 4 heterocycles. The fourth-order valence-corrected chi connectivity index (χ4v) is 4.50. The van der Waals surface area contributed by atoms with E-state index in [1.165, 1.54) is 11.3 Å². The van der Waals surface area contributed by atoms with Crippen LogP contribution >= 0.6 is 11.3 Å². The number of hydrogen-bond donors (Lipinski definition) is 0. The van der Waals surface area contributed by atoms with Crippen molar-refractivity contribution in [2.24, 2.45) is 0 Å². The minimum atomic E-state index is -0.00373. The molecule has 1 aliphatic heterocycles. The monoisotopic (exact) mass is 438 g/mol. The van der Waals surface area contributed by atoms with E-state index in [0.717, 1.165) is 44.8 Å². The molecule has 4 rings (SSSR count). The quantitative estimate of drug-likeness (QED) is 0.535. The molecule has 1 fully saturated rings. The molecule has 1 saturated heterocycles. The zero-order chi connectivity index (χ0) is 21.5. The van der Waals surface area contributed by atoms with Crippen LogP contribution in [0.25, 0.3) is 10.8 Å². The Kier molecular flexibility index (Phi) is 7.29. The lowest BCUT2D eigenvalue weighted by atomic mass is 10.2. The molecular weight excluding hydrogens is 412 g/mol. The van der Waals surface area contributed by atoms with Crippen LogP contribution in [0.4, 0.5) is 0 Å². The van der Waals surface area contributed by atoms with E-state index in [1.54, 1.807) is 30.9 Å². The van der Waals surface area contributed by atoms with Gasteiger partial charge in [0.05, 0.1) is 18.9 Å². The third-order valence-corrected chi connectivity index (χ3v) is 6.31. The first-order valence-corrected chi connectivity index (χ1v) is 11.3. The molecule has 8 nitrogen and oxygen atoms in total. The van der Waals surface area contributed by atoms with Crippen LogP contribution in [-0.2, 0) is 11.3 Å². The Labute approximate surface area is 186 Å². The van der Waals surface area contributed by atoms with Crippen LogP contribution in [0, 0.1) is 6.92 Å². The van der Waals surface area contributed by atoms with Crippen LogP contribution in [0.3, 0.4) is 0 Å². The number of aryl methyl sites for hydroxylation is 1. The first-order chi connectivity index (χ1) is 15.2. The van der Waals surface area contributed by atoms with Crippen LogP contribution in [0.15, 0.2) is 43.0 Å². The van der Waals surface area contributed by atoms with E-state index in [0.29, 0.717) is 34.5 Å². The van der Waals surface area contributed by atoms with E-state index in [-0.39, 0.29) is 5.91 Å². The molecule has 162 valence electrons. The Hall–Kier alpha value is -2.75. The molecule has 3 aromatic rings. The van der Waals surface area contributed by atoms with Gasteiger partial charge in [0.25, 0.3) is 5.91 Å². The molecule has 0 aromatic carbocycles. The van der Waals surface area contributed by atoms with Gasteiger partial charge in [-0.15, -0.1) is 11.3 Å². The molecule has 0 atom stereocenters. The van der Waals surface area contributed by atoms with E-state index in [2.05, 4.69) is 24.8 Å². The summed E-state index contributed by atoms with van der Waals surface area (Å²) in [4.78, 5) is 35.6. The maximum absolute atomic E-state index is 13.5. The van der Waals surface area contributed by atoms with Gasteiger partial charge >= 0.3 is 0 Å². The maximum atomic E-state index is 13.5. The van der Waals surface area contributed by atoms with Gasteiger partial charge in [-0.3, -0.25) is 14.7 Å². The topological polar surface area (TPSA) is 84.3 Å². The van der Waals surface area contributed by atoms with Gasteiger partial charge in [0.2, 0.25) is 0 Å². The van der Waals surface area contributed by atoms with Gasteiger partial charge in [0.1, 0.15) is 4.88 Å². The normalized spacial score (nSPS) is 14.5. The predicted molar refractivity (Wildman–Crippen MR) is 119 cm³/mol. The SMILES string of the molecule is Cc1nc(-c2ncccn2)sc1C(=O)N(CCCN1CCOCC1)Cc1ccncc1. The van der Waals surface area contributed by atoms with E-state index in [9.17, 15) is 4.79 Å². The number of hydrogen-bond acceptors (Lipinski definition) is 8. The average molecular weight is 439 g/mol. The van der Waals surface area contributed by atoms with Gasteiger partial charge in [-0.25, -0.2) is 15.0 Å². The summed E-state index contributed by atoms with van der Waals surface area (Å²) in [7, 11) is 0. The van der Waals surface area contributed by atoms with Crippen molar-refractivity contribution >= 4 is 17.2 Å². The number of ether oxygens (including phenoxy) is 1. The summed E-state index contributed by atoms with van der Waals surface area (Å²) in [6, 6.07) is 5.66. The van der Waals surface area contributed by atoms with Crippen LogP contribution in [-0.4, -0.2) is 75.0 Å². The summed E-state index contributed by atoms with van der Waals surface area (Å²) in [6.45, 7) is 7.50. The number of carbonyl (C=O) groups is 1. The molecule has 31 heavy (non-hydrogen) atoms. The van der Waals surface area contributed by atoms with Crippen molar-refractivity contribution in [3.05, 3.63) is 59.1 Å². The van der Waals surface area contributed by atoms with Gasteiger partial charge in [0, 0.05) is 57.5 Å². The molecular formula is C22H26N6O2S. The zero-order valence-corrected chi connectivity index (χ0v) is 18.4. The maximum Gasteiger partial charge on any atom is 0.266 e. The second-order valence-electron chi connectivity index (χ2n) is 7.40. The van der Waals surface area contributed by atoms with Gasteiger partial charge in [0.15, 0.2) is 10.8 Å². The number of pyridine rings is 1. The molecule has 1 aliphatic rings.